The fourth-order valence-electron chi connectivity index (χ4n) is 2.28. The van der Waals surface area contributed by atoms with Crippen LogP contribution in [0.25, 0.3) is 0 Å². The molecule has 1 fully saturated rings. The van der Waals surface area contributed by atoms with E-state index in [1.165, 1.54) is 5.56 Å². The molecule has 0 spiro atoms. The van der Waals surface area contributed by atoms with Crippen molar-refractivity contribution in [1.29, 1.82) is 0 Å². The highest BCUT2D eigenvalue weighted by Crippen LogP contribution is 2.31. The molecule has 17 heavy (non-hydrogen) atoms. The molecule has 1 unspecified atom stereocenters. The normalized spacial score (nSPS) is 29.2. The molecular formula is C14H20O3. The van der Waals surface area contributed by atoms with Crippen LogP contribution in [0.1, 0.15) is 26.3 Å². The first-order valence-electron chi connectivity index (χ1n) is 6.05. The van der Waals surface area contributed by atoms with Gasteiger partial charge in [-0.25, -0.2) is 0 Å². The van der Waals surface area contributed by atoms with Crippen LogP contribution in [0.2, 0.25) is 0 Å². The van der Waals surface area contributed by atoms with E-state index < -0.39 is 11.9 Å². The number of hydrogen-bond donors (Lipinski definition) is 1. The lowest BCUT2D eigenvalue weighted by atomic mass is 10.0. The van der Waals surface area contributed by atoms with Crippen molar-refractivity contribution in [2.45, 2.75) is 51.3 Å². The summed E-state index contributed by atoms with van der Waals surface area (Å²) >= 11 is 0. The van der Waals surface area contributed by atoms with Gasteiger partial charge in [0, 0.05) is 6.42 Å². The number of aliphatic hydroxyl groups is 1. The van der Waals surface area contributed by atoms with Crippen molar-refractivity contribution in [1.82, 2.24) is 0 Å². The van der Waals surface area contributed by atoms with Crippen molar-refractivity contribution >= 4 is 0 Å². The summed E-state index contributed by atoms with van der Waals surface area (Å²) < 4.78 is 11.6. The van der Waals surface area contributed by atoms with Gasteiger partial charge in [0.25, 0.3) is 0 Å². The molecule has 1 saturated heterocycles. The maximum absolute atomic E-state index is 9.73. The van der Waals surface area contributed by atoms with Crippen LogP contribution in [0.4, 0.5) is 0 Å². The van der Waals surface area contributed by atoms with Gasteiger partial charge in [-0.2, -0.15) is 0 Å². The first-order chi connectivity index (χ1) is 7.98. The minimum Gasteiger partial charge on any atom is -0.391 e. The second kappa shape index (κ2) is 4.77. The van der Waals surface area contributed by atoms with Gasteiger partial charge in [-0.05, 0) is 26.3 Å². The molecule has 0 radical (unpaired) electrons. The minimum absolute atomic E-state index is 0.0904. The number of ether oxygens (including phenoxy) is 2. The maximum atomic E-state index is 9.73. The summed E-state index contributed by atoms with van der Waals surface area (Å²) in [5.41, 5.74) is 1.20. The van der Waals surface area contributed by atoms with Gasteiger partial charge in [-0.15, -0.1) is 0 Å². The summed E-state index contributed by atoms with van der Waals surface area (Å²) in [7, 11) is 0. The van der Waals surface area contributed by atoms with E-state index in [0.717, 1.165) is 6.42 Å². The highest BCUT2D eigenvalue weighted by molar-refractivity contribution is 5.16. The first-order valence-corrected chi connectivity index (χ1v) is 6.05. The monoisotopic (exact) mass is 236 g/mol. The molecule has 1 aromatic rings. The Kier molecular flexibility index (Phi) is 3.52. The van der Waals surface area contributed by atoms with Gasteiger partial charge in [-0.3, -0.25) is 0 Å². The summed E-state index contributed by atoms with van der Waals surface area (Å²) in [4.78, 5) is 0. The molecule has 94 valence electrons. The van der Waals surface area contributed by atoms with Gasteiger partial charge in [0.05, 0.1) is 12.2 Å². The molecule has 1 aromatic carbocycles. The molecular weight excluding hydrogens is 216 g/mol. The van der Waals surface area contributed by atoms with Crippen molar-refractivity contribution in [2.24, 2.45) is 0 Å². The Morgan fingerprint density at radius 2 is 1.88 bits per heavy atom. The zero-order valence-electron chi connectivity index (χ0n) is 10.6. The third-order valence-electron chi connectivity index (χ3n) is 2.98. The predicted molar refractivity (Wildman–Crippen MR) is 65.7 cm³/mol. The van der Waals surface area contributed by atoms with E-state index in [0.29, 0.717) is 0 Å². The van der Waals surface area contributed by atoms with Crippen molar-refractivity contribution in [3.8, 4) is 0 Å². The van der Waals surface area contributed by atoms with Gasteiger partial charge < -0.3 is 14.6 Å². The van der Waals surface area contributed by atoms with Crippen LogP contribution in [-0.2, 0) is 15.9 Å². The molecule has 0 saturated carbocycles. The van der Waals surface area contributed by atoms with Crippen molar-refractivity contribution in [3.63, 3.8) is 0 Å². The molecule has 0 amide bonds. The largest absolute Gasteiger partial charge is 0.391 e. The Morgan fingerprint density at radius 1 is 1.24 bits per heavy atom. The Labute approximate surface area is 102 Å². The van der Waals surface area contributed by atoms with Gasteiger partial charge >= 0.3 is 0 Å². The molecule has 1 heterocycles. The zero-order valence-corrected chi connectivity index (χ0v) is 10.6. The number of rotatable bonds is 3. The summed E-state index contributed by atoms with van der Waals surface area (Å²) in [6.45, 7) is 5.51. The Bertz CT molecular complexity index is 359. The molecule has 3 atom stereocenters. The Balaban J connectivity index is 2.09. The average Bonchev–Trinajstić information content (AvgIpc) is 2.55. The van der Waals surface area contributed by atoms with E-state index in [1.54, 1.807) is 6.92 Å². The maximum Gasteiger partial charge on any atom is 0.163 e. The van der Waals surface area contributed by atoms with Crippen molar-refractivity contribution < 1.29 is 14.6 Å². The zero-order chi connectivity index (χ0) is 12.5. The second-order valence-corrected chi connectivity index (χ2v) is 5.07. The Morgan fingerprint density at radius 3 is 2.47 bits per heavy atom. The molecule has 3 heteroatoms. The molecule has 1 aliphatic heterocycles. The van der Waals surface area contributed by atoms with E-state index in [-0.39, 0.29) is 12.2 Å². The lowest BCUT2D eigenvalue weighted by Crippen LogP contribution is -2.34. The summed E-state index contributed by atoms with van der Waals surface area (Å²) in [5, 5.41) is 9.73. The third kappa shape index (κ3) is 3.06. The van der Waals surface area contributed by atoms with Gasteiger partial charge in [0.1, 0.15) is 6.10 Å². The molecule has 2 rings (SSSR count). The summed E-state index contributed by atoms with van der Waals surface area (Å²) in [6.07, 6.45) is -0.108. The van der Waals surface area contributed by atoms with Crippen LogP contribution >= 0.6 is 0 Å². The van der Waals surface area contributed by atoms with Crippen LogP contribution in [0.15, 0.2) is 30.3 Å². The number of benzene rings is 1. The molecule has 0 aromatic heterocycles. The van der Waals surface area contributed by atoms with Crippen LogP contribution in [0.3, 0.4) is 0 Å². The van der Waals surface area contributed by atoms with E-state index in [4.69, 9.17) is 9.47 Å². The summed E-state index contributed by atoms with van der Waals surface area (Å²) in [5.74, 6) is -0.610. The molecule has 1 N–H and O–H groups in total. The van der Waals surface area contributed by atoms with Gasteiger partial charge in [-0.1, -0.05) is 30.3 Å². The van der Waals surface area contributed by atoms with Crippen LogP contribution in [-0.4, -0.2) is 29.2 Å². The van der Waals surface area contributed by atoms with Crippen LogP contribution in [0.5, 0.6) is 0 Å². The molecule has 3 nitrogen and oxygen atoms in total. The number of aliphatic hydroxyl groups excluding tert-OH is 1. The lowest BCUT2D eigenvalue weighted by Gasteiger charge is -2.19. The standard InChI is InChI=1S/C14H20O3/c1-10(15)13-12(16-14(2,3)17-13)9-11-7-5-4-6-8-11/h4-8,10,12-13,15H,9H2,1-3H3/t10?,12-,13-/m1/s1. The lowest BCUT2D eigenvalue weighted by molar-refractivity contribution is -0.154. The van der Waals surface area contributed by atoms with Crippen LogP contribution < -0.4 is 0 Å². The SMILES string of the molecule is CC(O)[C@H]1OC(C)(C)O[C@@H]1Cc1ccccc1. The third-order valence-corrected chi connectivity index (χ3v) is 2.98. The van der Waals surface area contributed by atoms with Crippen LogP contribution in [0, 0.1) is 0 Å². The first kappa shape index (κ1) is 12.6. The highest BCUT2D eigenvalue weighted by Gasteiger charge is 2.43. The van der Waals surface area contributed by atoms with Gasteiger partial charge in [0.15, 0.2) is 5.79 Å². The number of hydrogen-bond acceptors (Lipinski definition) is 3. The Hall–Kier alpha value is -0.900. The van der Waals surface area contributed by atoms with E-state index in [1.807, 2.05) is 32.0 Å². The molecule has 0 aliphatic carbocycles. The topological polar surface area (TPSA) is 38.7 Å². The smallest absolute Gasteiger partial charge is 0.163 e. The van der Waals surface area contributed by atoms with E-state index in [9.17, 15) is 5.11 Å². The fraction of sp³-hybridized carbons (Fsp3) is 0.571. The van der Waals surface area contributed by atoms with Crippen molar-refractivity contribution in [2.75, 3.05) is 0 Å². The van der Waals surface area contributed by atoms with E-state index >= 15 is 0 Å². The van der Waals surface area contributed by atoms with E-state index in [2.05, 4.69) is 12.1 Å². The second-order valence-electron chi connectivity index (χ2n) is 5.07. The van der Waals surface area contributed by atoms with Gasteiger partial charge in [0.2, 0.25) is 0 Å². The fourth-order valence-corrected chi connectivity index (χ4v) is 2.28. The quantitative estimate of drug-likeness (QED) is 0.873. The highest BCUT2D eigenvalue weighted by atomic mass is 16.8. The molecule has 1 aliphatic rings. The molecule has 0 bridgehead atoms. The summed E-state index contributed by atoms with van der Waals surface area (Å²) in [6, 6.07) is 10.1. The predicted octanol–water partition coefficient (Wildman–Crippen LogP) is 2.13. The van der Waals surface area contributed by atoms with Crippen molar-refractivity contribution in [3.05, 3.63) is 35.9 Å². The minimum atomic E-state index is -0.610. The average molecular weight is 236 g/mol.